The fourth-order valence-electron chi connectivity index (χ4n) is 4.96. The number of esters is 1. The van der Waals surface area contributed by atoms with E-state index in [1.165, 1.54) is 12.1 Å². The quantitative estimate of drug-likeness (QED) is 0.535. The predicted octanol–water partition coefficient (Wildman–Crippen LogP) is 2.81. The van der Waals surface area contributed by atoms with Gasteiger partial charge >= 0.3 is 5.97 Å². The third kappa shape index (κ3) is 5.49. The molecule has 36 heavy (non-hydrogen) atoms. The summed E-state index contributed by atoms with van der Waals surface area (Å²) >= 11 is 0. The number of aryl methyl sites for hydroxylation is 1. The molecule has 0 radical (unpaired) electrons. The standard InChI is InChI=1S/C26H35N3O6S/c1-4-21-23-22(14-26(17-27-24(23)30)9-11-34-12-10-26)29(28-21)15-18(3)16-35-25(31)19-7-6-8-20(13-19)36(32,33)5-2/h6-8,13,18H,4-5,9-12,14-17H2,1-3H3,(H,27,30)/t18-/m1/s1. The number of rotatable bonds is 8. The number of fused-ring (bicyclic) bond motifs is 1. The molecule has 9 nitrogen and oxygen atoms in total. The van der Waals surface area contributed by atoms with E-state index >= 15 is 0 Å². The van der Waals surface area contributed by atoms with Crippen LogP contribution in [0.3, 0.4) is 0 Å². The highest BCUT2D eigenvalue weighted by Gasteiger charge is 2.39. The first-order valence-corrected chi connectivity index (χ1v) is 14.3. The van der Waals surface area contributed by atoms with Crippen molar-refractivity contribution in [2.75, 3.05) is 32.1 Å². The van der Waals surface area contributed by atoms with Crippen LogP contribution in [0.5, 0.6) is 0 Å². The van der Waals surface area contributed by atoms with Crippen LogP contribution >= 0.6 is 0 Å². The molecule has 0 unspecified atom stereocenters. The molecule has 1 aromatic carbocycles. The molecule has 2 aliphatic rings. The van der Waals surface area contributed by atoms with E-state index in [0.717, 1.165) is 30.7 Å². The van der Waals surface area contributed by atoms with Gasteiger partial charge in [-0.2, -0.15) is 5.10 Å². The van der Waals surface area contributed by atoms with E-state index in [4.69, 9.17) is 14.6 Å². The number of sulfone groups is 1. The van der Waals surface area contributed by atoms with Crippen LogP contribution in [-0.4, -0.2) is 62.2 Å². The molecule has 4 rings (SSSR count). The number of hydrogen-bond acceptors (Lipinski definition) is 7. The Hall–Kier alpha value is -2.72. The highest BCUT2D eigenvalue weighted by Crippen LogP contribution is 2.37. The zero-order valence-electron chi connectivity index (χ0n) is 21.2. The fraction of sp³-hybridized carbons (Fsp3) is 0.577. The molecule has 0 aliphatic carbocycles. The summed E-state index contributed by atoms with van der Waals surface area (Å²) < 4.78 is 37.3. The summed E-state index contributed by atoms with van der Waals surface area (Å²) in [6.07, 6.45) is 3.18. The molecule has 1 saturated heterocycles. The molecule has 1 aromatic heterocycles. The second-order valence-corrected chi connectivity index (χ2v) is 12.2. The normalized spacial score (nSPS) is 18.2. The number of carbonyl (C=O) groups is 2. The maximum Gasteiger partial charge on any atom is 0.338 e. The van der Waals surface area contributed by atoms with Crippen molar-refractivity contribution in [1.29, 1.82) is 0 Å². The first-order chi connectivity index (χ1) is 17.2. The number of nitrogens with one attached hydrogen (secondary N) is 1. The van der Waals surface area contributed by atoms with E-state index in [2.05, 4.69) is 5.32 Å². The second kappa shape index (κ2) is 10.7. The van der Waals surface area contributed by atoms with Gasteiger partial charge < -0.3 is 14.8 Å². The van der Waals surface area contributed by atoms with Crippen molar-refractivity contribution >= 4 is 21.7 Å². The predicted molar refractivity (Wildman–Crippen MR) is 134 cm³/mol. The average molecular weight is 518 g/mol. The minimum absolute atomic E-state index is 0.0389. The molecular formula is C26H35N3O6S. The van der Waals surface area contributed by atoms with Gasteiger partial charge in [-0.3, -0.25) is 9.48 Å². The summed E-state index contributed by atoms with van der Waals surface area (Å²) in [7, 11) is -3.41. The van der Waals surface area contributed by atoms with Crippen molar-refractivity contribution in [3.05, 3.63) is 46.8 Å². The third-order valence-electron chi connectivity index (χ3n) is 7.20. The van der Waals surface area contributed by atoms with E-state index < -0.39 is 15.8 Å². The van der Waals surface area contributed by atoms with Crippen LogP contribution in [0.15, 0.2) is 29.2 Å². The Kier molecular flexibility index (Phi) is 7.85. The van der Waals surface area contributed by atoms with Crippen molar-refractivity contribution in [3.63, 3.8) is 0 Å². The van der Waals surface area contributed by atoms with E-state index in [0.29, 0.717) is 38.3 Å². The van der Waals surface area contributed by atoms with Gasteiger partial charge in [0.1, 0.15) is 0 Å². The lowest BCUT2D eigenvalue weighted by Crippen LogP contribution is -2.41. The van der Waals surface area contributed by atoms with Gasteiger partial charge in [0, 0.05) is 32.2 Å². The number of aromatic nitrogens is 2. The molecular weight excluding hydrogens is 482 g/mol. The van der Waals surface area contributed by atoms with Gasteiger partial charge in [-0.25, -0.2) is 13.2 Å². The Morgan fingerprint density at radius 2 is 2.03 bits per heavy atom. The Labute approximate surface area is 212 Å². The minimum atomic E-state index is -3.41. The first kappa shape index (κ1) is 26.3. The number of hydrogen-bond donors (Lipinski definition) is 1. The van der Waals surface area contributed by atoms with Gasteiger partial charge in [0.25, 0.3) is 5.91 Å². The zero-order valence-corrected chi connectivity index (χ0v) is 22.0. The summed E-state index contributed by atoms with van der Waals surface area (Å²) in [5.41, 5.74) is 2.57. The monoisotopic (exact) mass is 517 g/mol. The number of nitrogens with zero attached hydrogens (tertiary/aromatic N) is 2. The van der Waals surface area contributed by atoms with Crippen LogP contribution in [0.25, 0.3) is 0 Å². The van der Waals surface area contributed by atoms with E-state index in [1.807, 2.05) is 18.5 Å². The fourth-order valence-corrected chi connectivity index (χ4v) is 5.88. The molecule has 1 fully saturated rings. The molecule has 1 amide bonds. The molecule has 196 valence electrons. The molecule has 3 heterocycles. The van der Waals surface area contributed by atoms with Crippen LogP contribution in [0.1, 0.15) is 65.7 Å². The van der Waals surface area contributed by atoms with Crippen LogP contribution in [-0.2, 0) is 38.7 Å². The summed E-state index contributed by atoms with van der Waals surface area (Å²) in [5, 5.41) is 7.89. The highest BCUT2D eigenvalue weighted by molar-refractivity contribution is 7.91. The number of amides is 1. The van der Waals surface area contributed by atoms with Gasteiger partial charge in [-0.05, 0) is 49.3 Å². The SMILES string of the molecule is CCc1nn(C[C@@H](C)COC(=O)c2cccc(S(=O)(=O)CC)c2)c2c1C(=O)NCC1(CCOCC1)C2. The van der Waals surface area contributed by atoms with E-state index in [1.54, 1.807) is 19.1 Å². The van der Waals surface area contributed by atoms with Gasteiger partial charge in [0.15, 0.2) is 9.84 Å². The summed E-state index contributed by atoms with van der Waals surface area (Å²) in [5.74, 6) is -0.744. The van der Waals surface area contributed by atoms with E-state index in [9.17, 15) is 18.0 Å². The maximum absolute atomic E-state index is 13.0. The molecule has 10 heteroatoms. The van der Waals surface area contributed by atoms with Crippen molar-refractivity contribution in [2.45, 2.75) is 57.9 Å². The number of carbonyl (C=O) groups excluding carboxylic acids is 2. The van der Waals surface area contributed by atoms with Crippen molar-refractivity contribution in [2.24, 2.45) is 11.3 Å². The Morgan fingerprint density at radius 1 is 1.28 bits per heavy atom. The lowest BCUT2D eigenvalue weighted by Gasteiger charge is -2.36. The van der Waals surface area contributed by atoms with Crippen LogP contribution in [0.4, 0.5) is 0 Å². The van der Waals surface area contributed by atoms with Crippen molar-refractivity contribution in [1.82, 2.24) is 15.1 Å². The third-order valence-corrected chi connectivity index (χ3v) is 8.94. The Morgan fingerprint density at radius 3 is 2.72 bits per heavy atom. The molecule has 0 saturated carbocycles. The molecule has 2 aliphatic heterocycles. The topological polar surface area (TPSA) is 117 Å². The maximum atomic E-state index is 13.0. The Balaban J connectivity index is 1.48. The van der Waals surface area contributed by atoms with Gasteiger partial charge in [0.2, 0.25) is 0 Å². The number of benzene rings is 1. The molecule has 1 atom stereocenters. The lowest BCUT2D eigenvalue weighted by molar-refractivity contribution is 0.0151. The summed E-state index contributed by atoms with van der Waals surface area (Å²) in [6.45, 7) is 8.17. The summed E-state index contributed by atoms with van der Waals surface area (Å²) in [6, 6.07) is 5.94. The van der Waals surface area contributed by atoms with Crippen LogP contribution < -0.4 is 5.32 Å². The largest absolute Gasteiger partial charge is 0.462 e. The van der Waals surface area contributed by atoms with Gasteiger partial charge in [0.05, 0.1) is 39.8 Å². The number of ether oxygens (including phenoxy) is 2. The summed E-state index contributed by atoms with van der Waals surface area (Å²) in [4.78, 5) is 25.7. The first-order valence-electron chi connectivity index (χ1n) is 12.6. The average Bonchev–Trinajstić information content (AvgIpc) is 3.15. The minimum Gasteiger partial charge on any atom is -0.462 e. The molecule has 0 bridgehead atoms. The van der Waals surface area contributed by atoms with E-state index in [-0.39, 0.29) is 40.1 Å². The molecule has 2 aromatic rings. The van der Waals surface area contributed by atoms with Crippen molar-refractivity contribution in [3.8, 4) is 0 Å². The molecule has 1 spiro atoms. The zero-order chi connectivity index (χ0) is 25.9. The Bertz CT molecular complexity index is 1230. The van der Waals surface area contributed by atoms with Crippen LogP contribution in [0.2, 0.25) is 0 Å². The van der Waals surface area contributed by atoms with Gasteiger partial charge in [-0.1, -0.05) is 26.8 Å². The smallest absolute Gasteiger partial charge is 0.338 e. The van der Waals surface area contributed by atoms with Gasteiger partial charge in [-0.15, -0.1) is 0 Å². The second-order valence-electron chi connectivity index (χ2n) is 9.91. The van der Waals surface area contributed by atoms with Crippen molar-refractivity contribution < 1.29 is 27.5 Å². The van der Waals surface area contributed by atoms with Crippen LogP contribution in [0, 0.1) is 11.3 Å². The molecule has 1 N–H and O–H groups in total. The highest BCUT2D eigenvalue weighted by atomic mass is 32.2. The lowest BCUT2D eigenvalue weighted by atomic mass is 9.76.